The van der Waals surface area contributed by atoms with Crippen LogP contribution in [0, 0.1) is 13.8 Å². The van der Waals surface area contributed by atoms with Gasteiger partial charge in [0.1, 0.15) is 21.3 Å². The van der Waals surface area contributed by atoms with Crippen LogP contribution in [0.3, 0.4) is 0 Å². The fourth-order valence-electron chi connectivity index (χ4n) is 2.21. The van der Waals surface area contributed by atoms with E-state index in [1.807, 2.05) is 24.3 Å². The summed E-state index contributed by atoms with van der Waals surface area (Å²) in [6.07, 6.45) is 0. The largest absolute Gasteiger partial charge is 0.477 e. The number of thiophene rings is 1. The SMILES string of the molecule is Cc1nc(Nc2ccc(Br)cc2)c2c(C)c(C(=O)O)sc2n1. The summed E-state index contributed by atoms with van der Waals surface area (Å²) in [5.41, 5.74) is 1.57. The third-order valence-electron chi connectivity index (χ3n) is 3.20. The quantitative estimate of drug-likeness (QED) is 0.701. The molecule has 0 radical (unpaired) electrons. The van der Waals surface area contributed by atoms with Gasteiger partial charge in [0.15, 0.2) is 0 Å². The van der Waals surface area contributed by atoms with Gasteiger partial charge < -0.3 is 10.4 Å². The van der Waals surface area contributed by atoms with Crippen molar-refractivity contribution >= 4 is 55.0 Å². The lowest BCUT2D eigenvalue weighted by molar-refractivity contribution is 0.0701. The number of carbonyl (C=O) groups is 1. The number of hydrogen-bond donors (Lipinski definition) is 2. The summed E-state index contributed by atoms with van der Waals surface area (Å²) in [5, 5.41) is 13.3. The first-order valence-corrected chi connectivity index (χ1v) is 8.10. The second-order valence-corrected chi connectivity index (χ2v) is 6.71. The van der Waals surface area contributed by atoms with Gasteiger partial charge in [0.25, 0.3) is 0 Å². The number of halogens is 1. The van der Waals surface area contributed by atoms with Crippen molar-refractivity contribution in [3.8, 4) is 0 Å². The van der Waals surface area contributed by atoms with Crippen LogP contribution < -0.4 is 5.32 Å². The second kappa shape index (κ2) is 5.66. The zero-order valence-corrected chi connectivity index (χ0v) is 14.2. The number of benzene rings is 1. The zero-order chi connectivity index (χ0) is 15.9. The van der Waals surface area contributed by atoms with E-state index in [2.05, 4.69) is 31.2 Å². The third kappa shape index (κ3) is 2.69. The molecule has 2 N–H and O–H groups in total. The molecule has 0 saturated carbocycles. The molecule has 0 aliphatic carbocycles. The monoisotopic (exact) mass is 377 g/mol. The van der Waals surface area contributed by atoms with E-state index in [-0.39, 0.29) is 0 Å². The van der Waals surface area contributed by atoms with Crippen LogP contribution in [0.15, 0.2) is 28.7 Å². The van der Waals surface area contributed by atoms with Crippen molar-refractivity contribution in [3.63, 3.8) is 0 Å². The van der Waals surface area contributed by atoms with Gasteiger partial charge in [-0.05, 0) is 43.7 Å². The van der Waals surface area contributed by atoms with Crippen LogP contribution in [-0.4, -0.2) is 21.0 Å². The molecule has 2 aromatic heterocycles. The highest BCUT2D eigenvalue weighted by Crippen LogP contribution is 2.35. The molecule has 0 saturated heterocycles. The number of hydrogen-bond acceptors (Lipinski definition) is 5. The fourth-order valence-corrected chi connectivity index (χ4v) is 3.54. The minimum absolute atomic E-state index is 0.300. The zero-order valence-electron chi connectivity index (χ0n) is 11.8. The van der Waals surface area contributed by atoms with Gasteiger partial charge in [-0.3, -0.25) is 0 Å². The predicted octanol–water partition coefficient (Wildman–Crippen LogP) is 4.51. The van der Waals surface area contributed by atoms with Crippen molar-refractivity contribution in [2.75, 3.05) is 5.32 Å². The van der Waals surface area contributed by atoms with E-state index < -0.39 is 5.97 Å². The summed E-state index contributed by atoms with van der Waals surface area (Å²) in [5.74, 6) is 0.295. The Kier molecular flexibility index (Phi) is 3.84. The van der Waals surface area contributed by atoms with Crippen LogP contribution >= 0.6 is 27.3 Å². The molecule has 0 fully saturated rings. The maximum atomic E-state index is 11.3. The Balaban J connectivity index is 2.15. The predicted molar refractivity (Wildman–Crippen MR) is 91.3 cm³/mol. The number of carboxylic acid groups (broad SMARTS) is 1. The number of fused-ring (bicyclic) bond motifs is 1. The lowest BCUT2D eigenvalue weighted by Gasteiger charge is -2.08. The van der Waals surface area contributed by atoms with E-state index in [0.717, 1.165) is 15.5 Å². The number of anilines is 2. The van der Waals surface area contributed by atoms with Gasteiger partial charge in [-0.2, -0.15) is 0 Å². The number of aromatic nitrogens is 2. The molecule has 112 valence electrons. The Morgan fingerprint density at radius 3 is 2.55 bits per heavy atom. The molecule has 0 bridgehead atoms. The van der Waals surface area contributed by atoms with Crippen LogP contribution in [0.1, 0.15) is 21.1 Å². The molecule has 0 aliphatic heterocycles. The minimum atomic E-state index is -0.937. The van der Waals surface area contributed by atoms with E-state index in [1.54, 1.807) is 13.8 Å². The average molecular weight is 378 g/mol. The van der Waals surface area contributed by atoms with Crippen LogP contribution in [0.2, 0.25) is 0 Å². The minimum Gasteiger partial charge on any atom is -0.477 e. The molecule has 3 rings (SSSR count). The van der Waals surface area contributed by atoms with Gasteiger partial charge in [-0.15, -0.1) is 11.3 Å². The Hall–Kier alpha value is -1.99. The highest BCUT2D eigenvalue weighted by molar-refractivity contribution is 9.10. The van der Waals surface area contributed by atoms with Crippen LogP contribution in [0.4, 0.5) is 11.5 Å². The van der Waals surface area contributed by atoms with Gasteiger partial charge in [0, 0.05) is 10.2 Å². The first kappa shape index (κ1) is 14.9. The summed E-state index contributed by atoms with van der Waals surface area (Å²) in [6.45, 7) is 3.58. The Bertz CT molecular complexity index is 875. The van der Waals surface area contributed by atoms with Crippen molar-refractivity contribution in [1.82, 2.24) is 9.97 Å². The van der Waals surface area contributed by atoms with Crippen molar-refractivity contribution in [2.24, 2.45) is 0 Å². The highest BCUT2D eigenvalue weighted by Gasteiger charge is 2.19. The first-order chi connectivity index (χ1) is 10.5. The van der Waals surface area contributed by atoms with E-state index in [4.69, 9.17) is 0 Å². The van der Waals surface area contributed by atoms with Crippen LogP contribution in [0.5, 0.6) is 0 Å². The van der Waals surface area contributed by atoms with Gasteiger partial charge in [-0.25, -0.2) is 14.8 Å². The Morgan fingerprint density at radius 1 is 1.23 bits per heavy atom. The summed E-state index contributed by atoms with van der Waals surface area (Å²) < 4.78 is 0.988. The van der Waals surface area contributed by atoms with Gasteiger partial charge >= 0.3 is 5.97 Å². The first-order valence-electron chi connectivity index (χ1n) is 6.49. The molecule has 7 heteroatoms. The molecule has 1 aromatic carbocycles. The summed E-state index contributed by atoms with van der Waals surface area (Å²) in [6, 6.07) is 7.70. The number of aromatic carboxylic acids is 1. The summed E-state index contributed by atoms with van der Waals surface area (Å²) in [4.78, 5) is 21.1. The molecular formula is C15H12BrN3O2S. The number of nitrogens with zero attached hydrogens (tertiary/aromatic N) is 2. The summed E-state index contributed by atoms with van der Waals surface area (Å²) in [7, 11) is 0. The lowest BCUT2D eigenvalue weighted by Crippen LogP contribution is -1.99. The van der Waals surface area contributed by atoms with Crippen molar-refractivity contribution in [3.05, 3.63) is 45.0 Å². The number of aryl methyl sites for hydroxylation is 2. The Labute approximate surface area is 139 Å². The normalized spacial score (nSPS) is 10.9. The number of carboxylic acids is 1. The third-order valence-corrected chi connectivity index (χ3v) is 4.91. The van der Waals surface area contributed by atoms with Crippen molar-refractivity contribution < 1.29 is 9.90 Å². The molecule has 2 heterocycles. The van der Waals surface area contributed by atoms with Crippen LogP contribution in [-0.2, 0) is 0 Å². The lowest BCUT2D eigenvalue weighted by atomic mass is 10.2. The average Bonchev–Trinajstić information content (AvgIpc) is 2.78. The van der Waals surface area contributed by atoms with Gasteiger partial charge in [0.05, 0.1) is 5.39 Å². The molecule has 3 aromatic rings. The molecule has 22 heavy (non-hydrogen) atoms. The second-order valence-electron chi connectivity index (χ2n) is 4.79. The maximum Gasteiger partial charge on any atom is 0.346 e. The molecular weight excluding hydrogens is 366 g/mol. The van der Waals surface area contributed by atoms with Gasteiger partial charge in [-0.1, -0.05) is 15.9 Å². The van der Waals surface area contributed by atoms with E-state index in [9.17, 15) is 9.90 Å². The molecule has 0 aliphatic rings. The van der Waals surface area contributed by atoms with Crippen molar-refractivity contribution in [2.45, 2.75) is 13.8 Å². The molecule has 0 unspecified atom stereocenters. The summed E-state index contributed by atoms with van der Waals surface area (Å²) >= 11 is 4.57. The molecule has 0 atom stereocenters. The Morgan fingerprint density at radius 2 is 1.91 bits per heavy atom. The van der Waals surface area contributed by atoms with E-state index in [1.165, 1.54) is 11.3 Å². The van der Waals surface area contributed by atoms with E-state index >= 15 is 0 Å². The fraction of sp³-hybridized carbons (Fsp3) is 0.133. The number of rotatable bonds is 3. The molecule has 0 spiro atoms. The van der Waals surface area contributed by atoms with E-state index in [0.29, 0.717) is 26.9 Å². The molecule has 0 amide bonds. The maximum absolute atomic E-state index is 11.3. The topological polar surface area (TPSA) is 75.1 Å². The van der Waals surface area contributed by atoms with Crippen LogP contribution in [0.25, 0.3) is 10.2 Å². The highest BCUT2D eigenvalue weighted by atomic mass is 79.9. The standard InChI is InChI=1S/C15H12BrN3O2S/c1-7-11-13(19-10-5-3-9(16)4-6-10)17-8(2)18-14(11)22-12(7)15(20)21/h3-6H,1-2H3,(H,20,21)(H,17,18,19). The van der Waals surface area contributed by atoms with Gasteiger partial charge in [0.2, 0.25) is 0 Å². The molecule has 5 nitrogen and oxygen atoms in total. The van der Waals surface area contributed by atoms with Crippen molar-refractivity contribution in [1.29, 1.82) is 0 Å². The smallest absolute Gasteiger partial charge is 0.346 e. The number of nitrogens with one attached hydrogen (secondary N) is 1.